The first-order valence-corrected chi connectivity index (χ1v) is 14.4. The highest BCUT2D eigenvalue weighted by Crippen LogP contribution is 2.24. The first-order valence-electron chi connectivity index (χ1n) is 14.4. The number of benzene rings is 3. The number of carbonyl (C=O) groups is 3. The molecule has 0 saturated carbocycles. The van der Waals surface area contributed by atoms with Gasteiger partial charge in [-0.05, 0) is 42.0 Å². The predicted octanol–water partition coefficient (Wildman–Crippen LogP) is 5.64. The summed E-state index contributed by atoms with van der Waals surface area (Å²) in [6.45, 7) is 4.34. The normalized spacial score (nSPS) is 13.0. The van der Waals surface area contributed by atoms with Crippen LogP contribution in [0.5, 0.6) is 0 Å². The van der Waals surface area contributed by atoms with Crippen molar-refractivity contribution >= 4 is 17.8 Å². The van der Waals surface area contributed by atoms with Crippen LogP contribution in [-0.4, -0.2) is 44.1 Å². The molecule has 3 atom stereocenters. The zero-order valence-electron chi connectivity index (χ0n) is 24.3. The van der Waals surface area contributed by atoms with Gasteiger partial charge in [0.2, 0.25) is 11.8 Å². The van der Waals surface area contributed by atoms with Gasteiger partial charge in [-0.15, -0.1) is 0 Å². The highest BCUT2D eigenvalue weighted by atomic mass is 16.5. The second kappa shape index (κ2) is 17.0. The topological polar surface area (TPSA) is 93.7 Å². The molecule has 3 aromatic rings. The quantitative estimate of drug-likeness (QED) is 0.222. The van der Waals surface area contributed by atoms with Crippen molar-refractivity contribution in [2.75, 3.05) is 20.3 Å². The van der Waals surface area contributed by atoms with Crippen LogP contribution in [0.2, 0.25) is 0 Å². The fraction of sp³-hybridized carbons (Fsp3) is 0.382. The van der Waals surface area contributed by atoms with Crippen molar-refractivity contribution in [3.63, 3.8) is 0 Å². The Balaban J connectivity index is 1.87. The van der Waals surface area contributed by atoms with Gasteiger partial charge in [0.05, 0.1) is 25.7 Å². The molecule has 2 amide bonds. The summed E-state index contributed by atoms with van der Waals surface area (Å²) in [6, 6.07) is 26.2. The Kier molecular flexibility index (Phi) is 13.1. The minimum Gasteiger partial charge on any atom is -0.466 e. The first kappa shape index (κ1) is 31.6. The van der Waals surface area contributed by atoms with E-state index in [-0.39, 0.29) is 30.9 Å². The fourth-order valence-corrected chi connectivity index (χ4v) is 4.79. The van der Waals surface area contributed by atoms with E-state index in [1.807, 2.05) is 91.9 Å². The van der Waals surface area contributed by atoms with Crippen molar-refractivity contribution in [2.45, 2.75) is 58.0 Å². The highest BCUT2D eigenvalue weighted by Gasteiger charge is 2.29. The minimum atomic E-state index is -0.950. The van der Waals surface area contributed by atoms with Crippen LogP contribution >= 0.6 is 0 Å². The molecule has 218 valence electrons. The van der Waals surface area contributed by atoms with Crippen molar-refractivity contribution in [1.29, 1.82) is 0 Å². The third-order valence-electron chi connectivity index (χ3n) is 6.93. The van der Waals surface area contributed by atoms with Crippen molar-refractivity contribution in [3.8, 4) is 11.1 Å². The Morgan fingerprint density at radius 3 is 2.02 bits per heavy atom. The van der Waals surface area contributed by atoms with Gasteiger partial charge in [0, 0.05) is 13.0 Å². The summed E-state index contributed by atoms with van der Waals surface area (Å²) >= 11 is 0. The van der Waals surface area contributed by atoms with E-state index in [9.17, 15) is 14.4 Å². The van der Waals surface area contributed by atoms with E-state index in [1.54, 1.807) is 14.0 Å². The third kappa shape index (κ3) is 10.2. The number of hydrogen-bond acceptors (Lipinski definition) is 5. The molecule has 0 spiro atoms. The van der Waals surface area contributed by atoms with E-state index >= 15 is 0 Å². The molecule has 0 fully saturated rings. The smallest absolute Gasteiger partial charge is 0.306 e. The molecule has 0 saturated heterocycles. The molecule has 7 heteroatoms. The molecule has 41 heavy (non-hydrogen) atoms. The molecule has 0 unspecified atom stereocenters. The zero-order chi connectivity index (χ0) is 29.5. The Morgan fingerprint density at radius 1 is 0.780 bits per heavy atom. The lowest BCUT2D eigenvalue weighted by Crippen LogP contribution is -2.48. The molecule has 3 rings (SSSR count). The summed E-state index contributed by atoms with van der Waals surface area (Å²) in [7, 11) is 1.60. The standard InChI is InChI=1S/C34H42N2O5/c1-4-6-15-29(23-31(37)41-5-2)33(38)36-32(28-20-18-27(19-21-28)26-16-11-8-12-17-26)34(39)35-30(24-40-3)22-25-13-9-7-10-14-25/h7-14,16-21,29-30,32H,4-6,15,22-24H2,1-3H3,(H,35,39)(H,36,38)/t29-,30+,32+/m1/s1. The van der Waals surface area contributed by atoms with Crippen molar-refractivity contribution in [2.24, 2.45) is 5.92 Å². The van der Waals surface area contributed by atoms with Gasteiger partial charge in [0.1, 0.15) is 6.04 Å². The number of methoxy groups -OCH3 is 1. The zero-order valence-corrected chi connectivity index (χ0v) is 24.3. The molecule has 0 aliphatic carbocycles. The van der Waals surface area contributed by atoms with Crippen molar-refractivity contribution < 1.29 is 23.9 Å². The number of unbranched alkanes of at least 4 members (excludes halogenated alkanes) is 1. The van der Waals surface area contributed by atoms with Gasteiger partial charge in [0.25, 0.3) is 0 Å². The van der Waals surface area contributed by atoms with Crippen LogP contribution in [0.15, 0.2) is 84.9 Å². The second-order valence-electron chi connectivity index (χ2n) is 10.1. The highest BCUT2D eigenvalue weighted by molar-refractivity contribution is 5.91. The van der Waals surface area contributed by atoms with E-state index in [2.05, 4.69) is 10.6 Å². The van der Waals surface area contributed by atoms with Gasteiger partial charge < -0.3 is 20.1 Å². The number of ether oxygens (including phenoxy) is 2. The van der Waals surface area contributed by atoms with E-state index < -0.39 is 17.9 Å². The van der Waals surface area contributed by atoms with Gasteiger partial charge in [-0.2, -0.15) is 0 Å². The molecule has 0 radical (unpaired) electrons. The van der Waals surface area contributed by atoms with Crippen molar-refractivity contribution in [3.05, 3.63) is 96.1 Å². The van der Waals surface area contributed by atoms with Crippen LogP contribution in [0, 0.1) is 5.92 Å². The molecule has 2 N–H and O–H groups in total. The van der Waals surface area contributed by atoms with Crippen LogP contribution in [0.25, 0.3) is 11.1 Å². The lowest BCUT2D eigenvalue weighted by molar-refractivity contribution is -0.146. The van der Waals surface area contributed by atoms with Crippen LogP contribution < -0.4 is 10.6 Å². The van der Waals surface area contributed by atoms with Crippen LogP contribution in [0.1, 0.15) is 56.7 Å². The van der Waals surface area contributed by atoms with Gasteiger partial charge in [-0.25, -0.2) is 0 Å². The van der Waals surface area contributed by atoms with Gasteiger partial charge in [0.15, 0.2) is 0 Å². The summed E-state index contributed by atoms with van der Waals surface area (Å²) in [6.07, 6.45) is 2.75. The largest absolute Gasteiger partial charge is 0.466 e. The SMILES string of the molecule is CCCC[C@H](CC(=O)OCC)C(=O)N[C@H](C(=O)N[C@H](COC)Cc1ccccc1)c1ccc(-c2ccccc2)cc1. The van der Waals surface area contributed by atoms with Crippen molar-refractivity contribution in [1.82, 2.24) is 10.6 Å². The second-order valence-corrected chi connectivity index (χ2v) is 10.1. The number of nitrogens with one attached hydrogen (secondary N) is 2. The summed E-state index contributed by atoms with van der Waals surface area (Å²) < 4.78 is 10.5. The number of rotatable bonds is 16. The van der Waals surface area contributed by atoms with E-state index in [0.29, 0.717) is 25.0 Å². The summed E-state index contributed by atoms with van der Waals surface area (Å²) in [5, 5.41) is 6.05. The maximum Gasteiger partial charge on any atom is 0.306 e. The molecule has 0 bridgehead atoms. The average molecular weight is 559 g/mol. The van der Waals surface area contributed by atoms with E-state index in [4.69, 9.17) is 9.47 Å². The Hall–Kier alpha value is -3.97. The lowest BCUT2D eigenvalue weighted by atomic mass is 9.95. The number of carbonyl (C=O) groups excluding carboxylic acids is 3. The summed E-state index contributed by atoms with van der Waals surface area (Å²) in [5.41, 5.74) is 3.78. The van der Waals surface area contributed by atoms with E-state index in [0.717, 1.165) is 29.5 Å². The monoisotopic (exact) mass is 558 g/mol. The van der Waals surface area contributed by atoms with Gasteiger partial charge in [-0.1, -0.05) is 105 Å². The summed E-state index contributed by atoms with van der Waals surface area (Å²) in [5.74, 6) is -1.69. The molecule has 0 heterocycles. The predicted molar refractivity (Wildman–Crippen MR) is 161 cm³/mol. The Labute approximate surface area is 243 Å². The third-order valence-corrected chi connectivity index (χ3v) is 6.93. The molecule has 3 aromatic carbocycles. The molecule has 0 aliphatic heterocycles. The van der Waals surface area contributed by atoms with E-state index in [1.165, 1.54) is 0 Å². The molecular weight excluding hydrogens is 516 g/mol. The maximum absolute atomic E-state index is 13.8. The Morgan fingerprint density at radius 2 is 1.41 bits per heavy atom. The molecule has 0 aliphatic rings. The molecule has 7 nitrogen and oxygen atoms in total. The molecular formula is C34H42N2O5. The molecule has 0 aromatic heterocycles. The number of esters is 1. The number of hydrogen-bond donors (Lipinski definition) is 2. The minimum absolute atomic E-state index is 0.0265. The van der Waals surface area contributed by atoms with Crippen LogP contribution in [0.4, 0.5) is 0 Å². The maximum atomic E-state index is 13.8. The Bertz CT molecular complexity index is 1210. The van der Waals surface area contributed by atoms with Gasteiger partial charge in [-0.3, -0.25) is 14.4 Å². The fourth-order valence-electron chi connectivity index (χ4n) is 4.79. The average Bonchev–Trinajstić information content (AvgIpc) is 2.99. The first-order chi connectivity index (χ1) is 19.9. The lowest BCUT2D eigenvalue weighted by Gasteiger charge is -2.25. The van der Waals surface area contributed by atoms with Crippen LogP contribution in [-0.2, 0) is 30.3 Å². The summed E-state index contributed by atoms with van der Waals surface area (Å²) in [4.78, 5) is 39.6. The van der Waals surface area contributed by atoms with Crippen LogP contribution in [0.3, 0.4) is 0 Å². The number of amides is 2. The van der Waals surface area contributed by atoms with Gasteiger partial charge >= 0.3 is 5.97 Å².